The van der Waals surface area contributed by atoms with Crippen LogP contribution in [-0.2, 0) is 14.3 Å². The summed E-state index contributed by atoms with van der Waals surface area (Å²) in [4.78, 5) is 11.6. The molecule has 1 atom stereocenters. The molecule has 1 aromatic carbocycles. The quantitative estimate of drug-likeness (QED) is 0.452. The van der Waals surface area contributed by atoms with Gasteiger partial charge in [0.15, 0.2) is 6.29 Å². The van der Waals surface area contributed by atoms with Crippen LogP contribution >= 0.6 is 0 Å². The molecule has 0 amide bonds. The number of hydrogen-bond acceptors (Lipinski definition) is 4. The normalized spacial score (nSPS) is 11.4. The number of methoxy groups -OCH3 is 1. The monoisotopic (exact) mass is 231 g/mol. The smallest absolute Gasteiger partial charge is 0.340 e. The van der Waals surface area contributed by atoms with Crippen molar-refractivity contribution in [1.82, 2.24) is 0 Å². The molecule has 0 bridgehead atoms. The van der Waals surface area contributed by atoms with Crippen LogP contribution in [-0.4, -0.2) is 19.4 Å². The molecule has 0 saturated heterocycles. The predicted octanol–water partition coefficient (Wildman–Crippen LogP) is 2.11. The number of rotatable bonds is 4. The van der Waals surface area contributed by atoms with Gasteiger partial charge in [-0.2, -0.15) is 5.26 Å². The van der Waals surface area contributed by atoms with Gasteiger partial charge >= 0.3 is 5.97 Å². The van der Waals surface area contributed by atoms with Gasteiger partial charge in [-0.15, -0.1) is 0 Å². The van der Waals surface area contributed by atoms with Crippen molar-refractivity contribution >= 4 is 11.5 Å². The van der Waals surface area contributed by atoms with E-state index in [1.54, 1.807) is 31.2 Å². The molecule has 0 aliphatic carbocycles. The topological polar surface area (TPSA) is 59.3 Å². The van der Waals surface area contributed by atoms with Gasteiger partial charge in [-0.05, 0) is 24.6 Å². The van der Waals surface area contributed by atoms with Crippen molar-refractivity contribution in [2.75, 3.05) is 7.11 Å². The lowest BCUT2D eigenvalue weighted by molar-refractivity contribution is -0.162. The number of benzene rings is 1. The Hall–Kier alpha value is -2.12. The molecule has 0 saturated carbocycles. The molecule has 1 rings (SSSR count). The van der Waals surface area contributed by atoms with E-state index in [-0.39, 0.29) is 5.57 Å². The van der Waals surface area contributed by atoms with Gasteiger partial charge < -0.3 is 9.47 Å². The third kappa shape index (κ3) is 3.44. The lowest BCUT2D eigenvalue weighted by Crippen LogP contribution is -2.17. The van der Waals surface area contributed by atoms with E-state index in [1.807, 2.05) is 6.07 Å². The molecule has 0 aromatic heterocycles. The van der Waals surface area contributed by atoms with E-state index in [1.165, 1.54) is 7.11 Å². The molecular weight excluding hydrogens is 218 g/mol. The van der Waals surface area contributed by atoms with Crippen LogP contribution in [0, 0.1) is 11.3 Å². The number of hydrogen-bond donors (Lipinski definition) is 0. The Bertz CT molecular complexity index is 457. The van der Waals surface area contributed by atoms with Crippen LogP contribution in [0.1, 0.15) is 18.1 Å². The zero-order valence-electron chi connectivity index (χ0n) is 9.77. The van der Waals surface area contributed by atoms with Crippen molar-refractivity contribution in [2.24, 2.45) is 0 Å². The van der Waals surface area contributed by atoms with Crippen molar-refractivity contribution in [1.29, 1.82) is 5.26 Å². The average Bonchev–Trinajstić information content (AvgIpc) is 2.37. The molecule has 1 aromatic rings. The molecule has 0 heterocycles. The maximum Gasteiger partial charge on any atom is 0.340 e. The van der Waals surface area contributed by atoms with E-state index in [2.05, 4.69) is 6.58 Å². The summed E-state index contributed by atoms with van der Waals surface area (Å²) in [5.41, 5.74) is 1.39. The molecule has 17 heavy (non-hydrogen) atoms. The second kappa shape index (κ2) is 5.83. The Morgan fingerprint density at radius 1 is 1.41 bits per heavy atom. The molecular formula is C13H13NO3. The average molecular weight is 231 g/mol. The Balaban J connectivity index is 2.75. The van der Waals surface area contributed by atoms with E-state index in [0.29, 0.717) is 11.1 Å². The molecule has 1 unspecified atom stereocenters. The fraction of sp³-hybridized carbons (Fsp3) is 0.231. The van der Waals surface area contributed by atoms with Crippen LogP contribution in [0.25, 0.3) is 5.57 Å². The SMILES string of the molecule is C=C(C(=O)OC(C)OC)c1ccc(C#N)cc1. The van der Waals surface area contributed by atoms with Gasteiger partial charge in [0, 0.05) is 7.11 Å². The van der Waals surface area contributed by atoms with Gasteiger partial charge in [-0.1, -0.05) is 18.7 Å². The minimum atomic E-state index is -0.613. The van der Waals surface area contributed by atoms with Gasteiger partial charge in [0.25, 0.3) is 0 Å². The van der Waals surface area contributed by atoms with E-state index < -0.39 is 12.3 Å². The van der Waals surface area contributed by atoms with Crippen LogP contribution in [0.5, 0.6) is 0 Å². The van der Waals surface area contributed by atoms with Crippen molar-refractivity contribution in [3.63, 3.8) is 0 Å². The zero-order valence-corrected chi connectivity index (χ0v) is 9.77. The summed E-state index contributed by atoms with van der Waals surface area (Å²) < 4.78 is 9.76. The first-order valence-electron chi connectivity index (χ1n) is 5.01. The summed E-state index contributed by atoms with van der Waals surface area (Å²) in [5.74, 6) is -0.538. The van der Waals surface area contributed by atoms with Crippen LogP contribution in [0.4, 0.5) is 0 Å². The van der Waals surface area contributed by atoms with Crippen LogP contribution in [0.2, 0.25) is 0 Å². The summed E-state index contributed by atoms with van der Waals surface area (Å²) in [5, 5.41) is 8.65. The van der Waals surface area contributed by atoms with Gasteiger partial charge in [0.05, 0.1) is 17.2 Å². The molecule has 4 nitrogen and oxygen atoms in total. The molecule has 0 fully saturated rings. The van der Waals surface area contributed by atoms with Gasteiger partial charge in [0.1, 0.15) is 0 Å². The largest absolute Gasteiger partial charge is 0.432 e. The first-order chi connectivity index (χ1) is 8.08. The second-order valence-electron chi connectivity index (χ2n) is 3.38. The predicted molar refractivity (Wildman–Crippen MR) is 62.8 cm³/mol. The standard InChI is InChI=1S/C13H13NO3/c1-9(13(15)17-10(2)16-3)12-6-4-11(8-14)5-7-12/h4-7,10H,1H2,2-3H3. The van der Waals surface area contributed by atoms with Crippen molar-refractivity contribution < 1.29 is 14.3 Å². The highest BCUT2D eigenvalue weighted by Crippen LogP contribution is 2.15. The fourth-order valence-electron chi connectivity index (χ4n) is 1.13. The number of ether oxygens (including phenoxy) is 2. The maximum absolute atomic E-state index is 11.6. The highest BCUT2D eigenvalue weighted by atomic mass is 16.7. The lowest BCUT2D eigenvalue weighted by Gasteiger charge is -2.12. The minimum absolute atomic E-state index is 0.235. The zero-order chi connectivity index (χ0) is 12.8. The Morgan fingerprint density at radius 3 is 2.47 bits per heavy atom. The highest BCUT2D eigenvalue weighted by molar-refractivity contribution is 6.15. The first kappa shape index (κ1) is 12.9. The number of nitriles is 1. The molecule has 0 aliphatic heterocycles. The Labute approximate surface area is 100 Å². The van der Waals surface area contributed by atoms with Crippen molar-refractivity contribution in [3.05, 3.63) is 42.0 Å². The molecule has 0 spiro atoms. The number of carbonyl (C=O) groups excluding carboxylic acids is 1. The third-order valence-corrected chi connectivity index (χ3v) is 2.21. The molecule has 4 heteroatoms. The summed E-state index contributed by atoms with van der Waals surface area (Å²) in [6.45, 7) is 5.27. The summed E-state index contributed by atoms with van der Waals surface area (Å²) in [7, 11) is 1.45. The van der Waals surface area contributed by atoms with E-state index in [4.69, 9.17) is 14.7 Å². The first-order valence-corrected chi connectivity index (χ1v) is 5.01. The van der Waals surface area contributed by atoms with Gasteiger partial charge in [-0.25, -0.2) is 4.79 Å². The molecule has 0 aliphatic rings. The highest BCUT2D eigenvalue weighted by Gasteiger charge is 2.13. The van der Waals surface area contributed by atoms with E-state index >= 15 is 0 Å². The number of esters is 1. The van der Waals surface area contributed by atoms with Gasteiger partial charge in [-0.3, -0.25) is 0 Å². The Kier molecular flexibility index (Phi) is 4.44. The van der Waals surface area contributed by atoms with E-state index in [0.717, 1.165) is 0 Å². The third-order valence-electron chi connectivity index (χ3n) is 2.21. The summed E-state index contributed by atoms with van der Waals surface area (Å²) >= 11 is 0. The molecule has 0 N–H and O–H groups in total. The van der Waals surface area contributed by atoms with Crippen LogP contribution in [0.15, 0.2) is 30.8 Å². The second-order valence-corrected chi connectivity index (χ2v) is 3.38. The molecule has 0 radical (unpaired) electrons. The van der Waals surface area contributed by atoms with Crippen LogP contribution in [0.3, 0.4) is 0 Å². The number of nitrogens with zero attached hydrogens (tertiary/aromatic N) is 1. The number of carbonyl (C=O) groups is 1. The summed E-state index contributed by atoms with van der Waals surface area (Å²) in [6, 6.07) is 8.54. The van der Waals surface area contributed by atoms with Crippen molar-refractivity contribution in [2.45, 2.75) is 13.2 Å². The van der Waals surface area contributed by atoms with Crippen LogP contribution < -0.4 is 0 Å². The van der Waals surface area contributed by atoms with Gasteiger partial charge in [0.2, 0.25) is 0 Å². The summed E-state index contributed by atoms with van der Waals surface area (Å²) in [6.07, 6.45) is -0.613. The van der Waals surface area contributed by atoms with E-state index in [9.17, 15) is 4.79 Å². The minimum Gasteiger partial charge on any atom is -0.432 e. The van der Waals surface area contributed by atoms with Crippen molar-refractivity contribution in [3.8, 4) is 6.07 Å². The Morgan fingerprint density at radius 2 is 2.00 bits per heavy atom. The fourth-order valence-corrected chi connectivity index (χ4v) is 1.13. The molecule has 88 valence electrons. The lowest BCUT2D eigenvalue weighted by atomic mass is 10.1. The maximum atomic E-state index is 11.6.